The van der Waals surface area contributed by atoms with Gasteiger partial charge in [-0.05, 0) is 36.6 Å². The van der Waals surface area contributed by atoms with Crippen molar-refractivity contribution in [2.45, 2.75) is 62.8 Å². The standard InChI is InChI=1S/C33H43N5O4S/c1-24(39)37-30(22-25-23-35-29-17-9-8-14-26(25)29)33(40)34-20-10-6-4-5-7-11-21-36-43(41,42)32-19-13-15-27-28(32)16-12-18-31(27)38(2)3/h8-9,12-19,23,30,35-36H,4-7,10-11,20-22H2,1-3H3,(H,34,40)(H,37,39). The summed E-state index contributed by atoms with van der Waals surface area (Å²) >= 11 is 0. The Labute approximate surface area is 254 Å². The number of H-pyrrole nitrogens is 1. The molecule has 9 nitrogen and oxygen atoms in total. The smallest absolute Gasteiger partial charge is 0.242 e. The van der Waals surface area contributed by atoms with Gasteiger partial charge in [0.15, 0.2) is 0 Å². The molecule has 0 aliphatic carbocycles. The van der Waals surface area contributed by atoms with Crippen LogP contribution in [0.25, 0.3) is 21.7 Å². The van der Waals surface area contributed by atoms with Gasteiger partial charge >= 0.3 is 0 Å². The predicted molar refractivity (Wildman–Crippen MR) is 174 cm³/mol. The first-order valence-corrected chi connectivity index (χ1v) is 16.4. The van der Waals surface area contributed by atoms with E-state index in [1.54, 1.807) is 12.1 Å². The number of nitrogens with zero attached hydrogens (tertiary/aromatic N) is 1. The van der Waals surface area contributed by atoms with Gasteiger partial charge in [0.1, 0.15) is 6.04 Å². The van der Waals surface area contributed by atoms with Crippen molar-refractivity contribution in [3.8, 4) is 0 Å². The number of rotatable bonds is 16. The number of unbranched alkanes of at least 4 members (excludes halogenated alkanes) is 5. The summed E-state index contributed by atoms with van der Waals surface area (Å²) in [4.78, 5) is 30.1. The zero-order valence-electron chi connectivity index (χ0n) is 25.3. The van der Waals surface area contributed by atoms with Crippen molar-refractivity contribution in [3.05, 3.63) is 72.4 Å². The second-order valence-electron chi connectivity index (χ2n) is 11.1. The molecule has 0 bridgehead atoms. The molecule has 1 atom stereocenters. The molecular weight excluding hydrogens is 562 g/mol. The molecule has 4 rings (SSSR count). The average Bonchev–Trinajstić information content (AvgIpc) is 3.39. The molecule has 10 heteroatoms. The summed E-state index contributed by atoms with van der Waals surface area (Å²) in [6.45, 7) is 2.36. The lowest BCUT2D eigenvalue weighted by molar-refractivity contribution is -0.128. The van der Waals surface area contributed by atoms with E-state index in [2.05, 4.69) is 20.3 Å². The monoisotopic (exact) mass is 605 g/mol. The number of para-hydroxylation sites is 1. The molecule has 3 aromatic carbocycles. The van der Waals surface area contributed by atoms with E-state index in [0.717, 1.165) is 71.5 Å². The summed E-state index contributed by atoms with van der Waals surface area (Å²) in [5.41, 5.74) is 2.97. The lowest BCUT2D eigenvalue weighted by atomic mass is 10.0. The van der Waals surface area contributed by atoms with Gasteiger partial charge in [-0.1, -0.05) is 68.1 Å². The molecule has 1 heterocycles. The number of carbonyl (C=O) groups excluding carboxylic acids is 2. The number of benzene rings is 3. The highest BCUT2D eigenvalue weighted by atomic mass is 32.2. The van der Waals surface area contributed by atoms with Gasteiger partial charge in [-0.2, -0.15) is 0 Å². The van der Waals surface area contributed by atoms with Gasteiger partial charge in [0, 0.05) is 74.1 Å². The fourth-order valence-electron chi connectivity index (χ4n) is 5.44. The van der Waals surface area contributed by atoms with Crippen LogP contribution in [0.4, 0.5) is 5.69 Å². The van der Waals surface area contributed by atoms with E-state index in [0.29, 0.717) is 24.4 Å². The van der Waals surface area contributed by atoms with Crippen molar-refractivity contribution in [3.63, 3.8) is 0 Å². The Bertz CT molecular complexity index is 1650. The molecule has 0 fully saturated rings. The molecule has 0 saturated carbocycles. The maximum Gasteiger partial charge on any atom is 0.242 e. The Morgan fingerprint density at radius 3 is 2.21 bits per heavy atom. The molecule has 2 amide bonds. The minimum Gasteiger partial charge on any atom is -0.377 e. The molecular formula is C33H43N5O4S. The second kappa shape index (κ2) is 15.0. The minimum absolute atomic E-state index is 0.183. The van der Waals surface area contributed by atoms with E-state index in [9.17, 15) is 18.0 Å². The fourth-order valence-corrected chi connectivity index (χ4v) is 6.73. The summed E-state index contributed by atoms with van der Waals surface area (Å²) < 4.78 is 28.9. The van der Waals surface area contributed by atoms with Gasteiger partial charge in [-0.3, -0.25) is 9.59 Å². The number of aromatic nitrogens is 1. The Morgan fingerprint density at radius 1 is 0.814 bits per heavy atom. The highest BCUT2D eigenvalue weighted by Gasteiger charge is 2.21. The van der Waals surface area contributed by atoms with E-state index in [1.807, 2.05) is 73.7 Å². The summed E-state index contributed by atoms with van der Waals surface area (Å²) in [5.74, 6) is -0.422. The number of sulfonamides is 1. The topological polar surface area (TPSA) is 123 Å². The summed E-state index contributed by atoms with van der Waals surface area (Å²) in [5, 5.41) is 8.43. The number of hydrogen-bond donors (Lipinski definition) is 4. The highest BCUT2D eigenvalue weighted by Crippen LogP contribution is 2.30. The number of nitrogens with one attached hydrogen (secondary N) is 4. The number of fused-ring (bicyclic) bond motifs is 2. The Hall–Kier alpha value is -3.89. The van der Waals surface area contributed by atoms with Crippen LogP contribution in [0.2, 0.25) is 0 Å². The van der Waals surface area contributed by atoms with Crippen molar-refractivity contribution >= 4 is 49.2 Å². The lowest BCUT2D eigenvalue weighted by Gasteiger charge is -2.17. The molecule has 230 valence electrons. The molecule has 0 aliphatic rings. The third-order valence-corrected chi connectivity index (χ3v) is 9.14. The molecule has 4 N–H and O–H groups in total. The fraction of sp³-hybridized carbons (Fsp3) is 0.394. The van der Waals surface area contributed by atoms with Gasteiger partial charge in [0.25, 0.3) is 0 Å². The first-order valence-electron chi connectivity index (χ1n) is 15.0. The van der Waals surface area contributed by atoms with Crippen LogP contribution in [-0.4, -0.2) is 58.4 Å². The molecule has 0 radical (unpaired) electrons. The van der Waals surface area contributed by atoms with Gasteiger partial charge in [0.2, 0.25) is 21.8 Å². The van der Waals surface area contributed by atoms with Crippen molar-refractivity contribution in [1.82, 2.24) is 20.3 Å². The molecule has 0 aliphatic heterocycles. The van der Waals surface area contributed by atoms with Crippen LogP contribution >= 0.6 is 0 Å². The van der Waals surface area contributed by atoms with Crippen molar-refractivity contribution in [2.24, 2.45) is 0 Å². The second-order valence-corrected chi connectivity index (χ2v) is 12.9. The van der Waals surface area contributed by atoms with Crippen molar-refractivity contribution in [1.29, 1.82) is 0 Å². The quantitative estimate of drug-likeness (QED) is 0.136. The van der Waals surface area contributed by atoms with Crippen LogP contribution in [0.1, 0.15) is 51.0 Å². The highest BCUT2D eigenvalue weighted by molar-refractivity contribution is 7.89. The number of aromatic amines is 1. The first kappa shape index (κ1) is 32.0. The van der Waals surface area contributed by atoms with Crippen molar-refractivity contribution in [2.75, 3.05) is 32.1 Å². The summed E-state index contributed by atoms with van der Waals surface area (Å²) in [6.07, 6.45) is 7.78. The molecule has 1 unspecified atom stereocenters. The van der Waals surface area contributed by atoms with Crippen molar-refractivity contribution < 1.29 is 18.0 Å². The number of hydrogen-bond acceptors (Lipinski definition) is 5. The summed E-state index contributed by atoms with van der Waals surface area (Å²) in [7, 11) is 0.270. The first-order chi connectivity index (χ1) is 20.7. The van der Waals surface area contributed by atoms with E-state index >= 15 is 0 Å². The largest absolute Gasteiger partial charge is 0.377 e. The van der Waals surface area contributed by atoms with Gasteiger partial charge < -0.3 is 20.5 Å². The SMILES string of the molecule is CC(=O)NC(Cc1c[nH]c2ccccc12)C(=O)NCCCCCCCCNS(=O)(=O)c1cccc2c(N(C)C)cccc12. The van der Waals surface area contributed by atoms with Crippen LogP contribution in [0.15, 0.2) is 71.8 Å². The van der Waals surface area contributed by atoms with E-state index in [-0.39, 0.29) is 11.8 Å². The Balaban J connectivity index is 1.14. The third-order valence-electron chi connectivity index (χ3n) is 7.62. The average molecular weight is 606 g/mol. The van der Waals surface area contributed by atoms with E-state index in [1.165, 1.54) is 6.92 Å². The molecule has 4 aromatic rings. The Morgan fingerprint density at radius 2 is 1.47 bits per heavy atom. The molecule has 43 heavy (non-hydrogen) atoms. The van der Waals surface area contributed by atoms with Crippen LogP contribution in [-0.2, 0) is 26.0 Å². The molecule has 0 saturated heterocycles. The van der Waals surface area contributed by atoms with Crippen LogP contribution in [0.5, 0.6) is 0 Å². The zero-order chi connectivity index (χ0) is 30.8. The Kier molecular flexibility index (Phi) is 11.2. The number of anilines is 1. The predicted octanol–water partition coefficient (Wildman–Crippen LogP) is 4.87. The number of carbonyl (C=O) groups is 2. The van der Waals surface area contributed by atoms with Gasteiger partial charge in [0.05, 0.1) is 4.90 Å². The lowest BCUT2D eigenvalue weighted by Crippen LogP contribution is -2.47. The number of amides is 2. The summed E-state index contributed by atoms with van der Waals surface area (Å²) in [6, 6.07) is 18.4. The zero-order valence-corrected chi connectivity index (χ0v) is 26.1. The maximum absolute atomic E-state index is 13.1. The third kappa shape index (κ3) is 8.58. The van der Waals surface area contributed by atoms with Crippen LogP contribution < -0.4 is 20.3 Å². The molecule has 0 spiro atoms. The normalized spacial score (nSPS) is 12.3. The van der Waals surface area contributed by atoms with Gasteiger partial charge in [-0.15, -0.1) is 0 Å². The maximum atomic E-state index is 13.1. The van der Waals surface area contributed by atoms with Gasteiger partial charge in [-0.25, -0.2) is 13.1 Å². The minimum atomic E-state index is -3.62. The van der Waals surface area contributed by atoms with E-state index < -0.39 is 16.1 Å². The van der Waals surface area contributed by atoms with Crippen LogP contribution in [0.3, 0.4) is 0 Å². The van der Waals surface area contributed by atoms with Crippen LogP contribution in [0, 0.1) is 0 Å². The molecule has 1 aromatic heterocycles. The van der Waals surface area contributed by atoms with E-state index in [4.69, 9.17) is 0 Å².